The van der Waals surface area contributed by atoms with Crippen molar-refractivity contribution >= 4 is 11.7 Å². The standard InChI is InChI=1S/C13H15NO2/c1-9-3-5-10(6-4-9)11-7-8-12(14-11)13(15)16-2/h3-6,12H,7-8H2,1-2H3. The van der Waals surface area contributed by atoms with Crippen LogP contribution in [0, 0.1) is 6.92 Å². The van der Waals surface area contributed by atoms with E-state index in [0.29, 0.717) is 0 Å². The van der Waals surface area contributed by atoms with Gasteiger partial charge in [-0.25, -0.2) is 4.79 Å². The molecule has 0 aromatic heterocycles. The fourth-order valence-corrected chi connectivity index (χ4v) is 1.86. The molecule has 1 aliphatic rings. The number of ether oxygens (including phenoxy) is 1. The number of carbonyl (C=O) groups excluding carboxylic acids is 1. The van der Waals surface area contributed by atoms with Crippen molar-refractivity contribution in [3.8, 4) is 0 Å². The smallest absolute Gasteiger partial charge is 0.330 e. The highest BCUT2D eigenvalue weighted by Gasteiger charge is 2.25. The van der Waals surface area contributed by atoms with Crippen LogP contribution in [0.3, 0.4) is 0 Å². The Morgan fingerprint density at radius 2 is 2.06 bits per heavy atom. The first-order valence-electron chi connectivity index (χ1n) is 5.42. The Bertz CT molecular complexity index is 420. The summed E-state index contributed by atoms with van der Waals surface area (Å²) in [5.41, 5.74) is 3.35. The minimum atomic E-state index is -0.304. The van der Waals surface area contributed by atoms with Crippen LogP contribution in [0.2, 0.25) is 0 Å². The number of aliphatic imine (C=N–C) groups is 1. The van der Waals surface area contributed by atoms with Gasteiger partial charge in [-0.15, -0.1) is 0 Å². The lowest BCUT2D eigenvalue weighted by molar-refractivity contribution is -0.141. The average molecular weight is 217 g/mol. The van der Waals surface area contributed by atoms with Crippen LogP contribution < -0.4 is 0 Å². The quantitative estimate of drug-likeness (QED) is 0.712. The minimum absolute atomic E-state index is 0.234. The average Bonchev–Trinajstić information content (AvgIpc) is 2.78. The summed E-state index contributed by atoms with van der Waals surface area (Å²) in [4.78, 5) is 15.7. The molecule has 0 fully saturated rings. The van der Waals surface area contributed by atoms with E-state index in [1.807, 2.05) is 12.1 Å². The SMILES string of the molecule is COC(=O)C1CCC(c2ccc(C)cc2)=N1. The molecule has 1 unspecified atom stereocenters. The predicted molar refractivity (Wildman–Crippen MR) is 62.8 cm³/mol. The number of carbonyl (C=O) groups is 1. The van der Waals surface area contributed by atoms with E-state index in [4.69, 9.17) is 4.74 Å². The Labute approximate surface area is 95.2 Å². The molecule has 1 aromatic rings. The van der Waals surface area contributed by atoms with Crippen LogP contribution in [-0.4, -0.2) is 24.8 Å². The summed E-state index contributed by atoms with van der Waals surface area (Å²) >= 11 is 0. The zero-order valence-electron chi connectivity index (χ0n) is 9.56. The number of rotatable bonds is 2. The van der Waals surface area contributed by atoms with Crippen molar-refractivity contribution in [2.45, 2.75) is 25.8 Å². The van der Waals surface area contributed by atoms with Crippen LogP contribution in [-0.2, 0) is 9.53 Å². The molecule has 0 saturated heterocycles. The zero-order chi connectivity index (χ0) is 11.5. The van der Waals surface area contributed by atoms with Crippen LogP contribution in [0.1, 0.15) is 24.0 Å². The van der Waals surface area contributed by atoms with Gasteiger partial charge >= 0.3 is 5.97 Å². The number of hydrogen-bond acceptors (Lipinski definition) is 3. The van der Waals surface area contributed by atoms with Crippen LogP contribution >= 0.6 is 0 Å². The van der Waals surface area contributed by atoms with Gasteiger partial charge in [-0.2, -0.15) is 0 Å². The second-order valence-corrected chi connectivity index (χ2v) is 4.02. The molecule has 0 amide bonds. The highest BCUT2D eigenvalue weighted by Crippen LogP contribution is 2.19. The lowest BCUT2D eigenvalue weighted by Gasteiger charge is -2.02. The minimum Gasteiger partial charge on any atom is -0.467 e. The van der Waals surface area contributed by atoms with Gasteiger partial charge in [-0.3, -0.25) is 4.99 Å². The fraction of sp³-hybridized carbons (Fsp3) is 0.385. The Morgan fingerprint density at radius 1 is 1.38 bits per heavy atom. The number of methoxy groups -OCH3 is 1. The highest BCUT2D eigenvalue weighted by atomic mass is 16.5. The molecular formula is C13H15NO2. The van der Waals surface area contributed by atoms with Gasteiger partial charge in [0.2, 0.25) is 0 Å². The van der Waals surface area contributed by atoms with E-state index in [-0.39, 0.29) is 12.0 Å². The van der Waals surface area contributed by atoms with E-state index in [2.05, 4.69) is 24.0 Å². The maximum absolute atomic E-state index is 11.3. The van der Waals surface area contributed by atoms with Crippen molar-refractivity contribution in [1.82, 2.24) is 0 Å². The van der Waals surface area contributed by atoms with E-state index in [0.717, 1.165) is 24.1 Å². The van der Waals surface area contributed by atoms with Crippen LogP contribution in [0.4, 0.5) is 0 Å². The van der Waals surface area contributed by atoms with Crippen molar-refractivity contribution in [2.75, 3.05) is 7.11 Å². The molecular weight excluding hydrogens is 202 g/mol. The van der Waals surface area contributed by atoms with Crippen LogP contribution in [0.25, 0.3) is 0 Å². The molecule has 84 valence electrons. The maximum atomic E-state index is 11.3. The van der Waals surface area contributed by atoms with E-state index < -0.39 is 0 Å². The number of benzene rings is 1. The Morgan fingerprint density at radius 3 is 2.69 bits per heavy atom. The lowest BCUT2D eigenvalue weighted by Crippen LogP contribution is -2.16. The second kappa shape index (κ2) is 4.47. The van der Waals surface area contributed by atoms with Crippen molar-refractivity contribution in [2.24, 2.45) is 4.99 Å². The summed E-state index contributed by atoms with van der Waals surface area (Å²) in [6.45, 7) is 2.05. The number of hydrogen-bond donors (Lipinski definition) is 0. The van der Waals surface area contributed by atoms with Crippen molar-refractivity contribution < 1.29 is 9.53 Å². The summed E-state index contributed by atoms with van der Waals surface area (Å²) < 4.78 is 4.69. The molecule has 1 atom stereocenters. The summed E-state index contributed by atoms with van der Waals surface area (Å²) in [6, 6.07) is 7.91. The first-order valence-corrected chi connectivity index (χ1v) is 5.42. The van der Waals surface area contributed by atoms with E-state index in [1.165, 1.54) is 12.7 Å². The zero-order valence-corrected chi connectivity index (χ0v) is 9.56. The monoisotopic (exact) mass is 217 g/mol. The normalized spacial score (nSPS) is 19.4. The number of nitrogens with zero attached hydrogens (tertiary/aromatic N) is 1. The van der Waals surface area contributed by atoms with Crippen LogP contribution in [0.5, 0.6) is 0 Å². The van der Waals surface area contributed by atoms with Crippen molar-refractivity contribution in [3.05, 3.63) is 35.4 Å². The van der Waals surface area contributed by atoms with Gasteiger partial charge in [-0.05, 0) is 25.3 Å². The van der Waals surface area contributed by atoms with Gasteiger partial charge in [0.25, 0.3) is 0 Å². The summed E-state index contributed by atoms with van der Waals surface area (Å²) in [6.07, 6.45) is 1.61. The molecule has 1 aromatic carbocycles. The molecule has 0 aliphatic carbocycles. The van der Waals surface area contributed by atoms with Gasteiger partial charge < -0.3 is 4.74 Å². The Hall–Kier alpha value is -1.64. The predicted octanol–water partition coefficient (Wildman–Crippen LogP) is 2.12. The lowest BCUT2D eigenvalue weighted by atomic mass is 10.1. The summed E-state index contributed by atoms with van der Waals surface area (Å²) in [5.74, 6) is -0.234. The van der Waals surface area contributed by atoms with Gasteiger partial charge in [0.15, 0.2) is 0 Å². The van der Waals surface area contributed by atoms with E-state index in [9.17, 15) is 4.79 Å². The van der Waals surface area contributed by atoms with Crippen LogP contribution in [0.15, 0.2) is 29.3 Å². The third-order valence-corrected chi connectivity index (χ3v) is 2.82. The molecule has 3 heteroatoms. The van der Waals surface area contributed by atoms with E-state index in [1.54, 1.807) is 0 Å². The number of esters is 1. The largest absolute Gasteiger partial charge is 0.467 e. The molecule has 0 bridgehead atoms. The maximum Gasteiger partial charge on any atom is 0.330 e. The molecule has 1 aliphatic heterocycles. The highest BCUT2D eigenvalue weighted by molar-refractivity contribution is 6.03. The topological polar surface area (TPSA) is 38.7 Å². The molecule has 16 heavy (non-hydrogen) atoms. The van der Waals surface area contributed by atoms with E-state index >= 15 is 0 Å². The van der Waals surface area contributed by atoms with Gasteiger partial charge in [-0.1, -0.05) is 29.8 Å². The molecule has 0 N–H and O–H groups in total. The Balaban J connectivity index is 2.17. The van der Waals surface area contributed by atoms with Gasteiger partial charge in [0, 0.05) is 5.71 Å². The summed E-state index contributed by atoms with van der Waals surface area (Å²) in [7, 11) is 1.40. The van der Waals surface area contributed by atoms with Gasteiger partial charge in [0.1, 0.15) is 6.04 Å². The first-order chi connectivity index (χ1) is 7.70. The summed E-state index contributed by atoms with van der Waals surface area (Å²) in [5, 5.41) is 0. The molecule has 0 spiro atoms. The molecule has 2 rings (SSSR count). The molecule has 3 nitrogen and oxygen atoms in total. The van der Waals surface area contributed by atoms with Crippen molar-refractivity contribution in [3.63, 3.8) is 0 Å². The number of aryl methyl sites for hydroxylation is 1. The second-order valence-electron chi connectivity index (χ2n) is 4.02. The molecule has 0 radical (unpaired) electrons. The fourth-order valence-electron chi connectivity index (χ4n) is 1.86. The first kappa shape index (κ1) is 10.9. The van der Waals surface area contributed by atoms with Crippen molar-refractivity contribution in [1.29, 1.82) is 0 Å². The Kier molecular flexibility index (Phi) is 3.04. The molecule has 0 saturated carbocycles. The third-order valence-electron chi connectivity index (χ3n) is 2.82. The van der Waals surface area contributed by atoms with Gasteiger partial charge in [0.05, 0.1) is 7.11 Å². The molecule has 1 heterocycles. The third kappa shape index (κ3) is 2.13.